The van der Waals surface area contributed by atoms with E-state index in [0.717, 1.165) is 24.7 Å². The lowest BCUT2D eigenvalue weighted by Gasteiger charge is -2.23. The van der Waals surface area contributed by atoms with Gasteiger partial charge in [0.05, 0.1) is 0 Å². The summed E-state index contributed by atoms with van der Waals surface area (Å²) in [6.07, 6.45) is 6.14. The molecule has 3 rings (SSSR count). The normalized spacial score (nSPS) is 19.1. The van der Waals surface area contributed by atoms with E-state index in [-0.39, 0.29) is 0 Å². The third-order valence-corrected chi connectivity index (χ3v) is 3.47. The molecule has 1 aliphatic rings. The Balaban J connectivity index is 1.76. The van der Waals surface area contributed by atoms with Crippen molar-refractivity contribution >= 4 is 11.6 Å². The largest absolute Gasteiger partial charge is 0.325 e. The van der Waals surface area contributed by atoms with Crippen LogP contribution < -0.4 is 10.6 Å². The minimum absolute atomic E-state index is 0.598. The van der Waals surface area contributed by atoms with Gasteiger partial charge in [-0.05, 0) is 55.1 Å². The average molecular weight is 254 g/mol. The van der Waals surface area contributed by atoms with Crippen molar-refractivity contribution in [2.75, 3.05) is 18.4 Å². The van der Waals surface area contributed by atoms with Gasteiger partial charge in [-0.3, -0.25) is 0 Å². The molecule has 1 fully saturated rings. The fourth-order valence-corrected chi connectivity index (χ4v) is 2.47. The van der Waals surface area contributed by atoms with Crippen LogP contribution in [0.15, 0.2) is 42.7 Å². The molecule has 4 heteroatoms. The van der Waals surface area contributed by atoms with Gasteiger partial charge in [0.25, 0.3) is 0 Å². The SMILES string of the molecule is c1ccc(Nc2cc([C@H]3CCCNC3)ccn2)nc1. The fourth-order valence-electron chi connectivity index (χ4n) is 2.47. The van der Waals surface area contributed by atoms with Crippen LogP contribution >= 0.6 is 0 Å². The van der Waals surface area contributed by atoms with Crippen molar-refractivity contribution in [3.8, 4) is 0 Å². The molecule has 0 aromatic carbocycles. The first kappa shape index (κ1) is 12.1. The topological polar surface area (TPSA) is 49.8 Å². The van der Waals surface area contributed by atoms with Crippen molar-refractivity contribution < 1.29 is 0 Å². The van der Waals surface area contributed by atoms with Crippen LogP contribution in [0.25, 0.3) is 0 Å². The molecule has 0 radical (unpaired) electrons. The maximum atomic E-state index is 4.36. The summed E-state index contributed by atoms with van der Waals surface area (Å²) in [5.41, 5.74) is 1.35. The lowest BCUT2D eigenvalue weighted by molar-refractivity contribution is 0.461. The molecule has 0 bridgehead atoms. The maximum Gasteiger partial charge on any atom is 0.131 e. The Morgan fingerprint density at radius 1 is 1.11 bits per heavy atom. The zero-order valence-corrected chi connectivity index (χ0v) is 10.8. The summed E-state index contributed by atoms with van der Waals surface area (Å²) in [5, 5.41) is 6.69. The zero-order valence-electron chi connectivity index (χ0n) is 10.8. The van der Waals surface area contributed by atoms with E-state index in [9.17, 15) is 0 Å². The van der Waals surface area contributed by atoms with Gasteiger partial charge >= 0.3 is 0 Å². The van der Waals surface area contributed by atoms with Crippen LogP contribution in [0.2, 0.25) is 0 Å². The second-order valence-electron chi connectivity index (χ2n) is 4.86. The van der Waals surface area contributed by atoms with E-state index >= 15 is 0 Å². The van der Waals surface area contributed by atoms with E-state index in [1.807, 2.05) is 24.4 Å². The van der Waals surface area contributed by atoms with Crippen LogP contribution in [0.3, 0.4) is 0 Å². The van der Waals surface area contributed by atoms with Gasteiger partial charge in [0.2, 0.25) is 0 Å². The van der Waals surface area contributed by atoms with E-state index in [2.05, 4.69) is 32.7 Å². The van der Waals surface area contributed by atoms with E-state index in [4.69, 9.17) is 0 Å². The molecule has 2 aromatic heterocycles. The van der Waals surface area contributed by atoms with Crippen molar-refractivity contribution in [3.05, 3.63) is 48.3 Å². The molecule has 1 saturated heterocycles. The molecule has 2 N–H and O–H groups in total. The number of rotatable bonds is 3. The third-order valence-electron chi connectivity index (χ3n) is 3.47. The van der Waals surface area contributed by atoms with Crippen LogP contribution in [-0.4, -0.2) is 23.1 Å². The van der Waals surface area contributed by atoms with E-state index in [0.29, 0.717) is 5.92 Å². The highest BCUT2D eigenvalue weighted by Crippen LogP contribution is 2.25. The quantitative estimate of drug-likeness (QED) is 0.884. The number of anilines is 2. The van der Waals surface area contributed by atoms with Gasteiger partial charge in [-0.1, -0.05) is 6.07 Å². The Morgan fingerprint density at radius 3 is 2.84 bits per heavy atom. The minimum Gasteiger partial charge on any atom is -0.325 e. The first-order valence-electron chi connectivity index (χ1n) is 6.76. The Labute approximate surface area is 113 Å². The van der Waals surface area contributed by atoms with Gasteiger partial charge < -0.3 is 10.6 Å². The second-order valence-corrected chi connectivity index (χ2v) is 4.86. The smallest absolute Gasteiger partial charge is 0.131 e. The summed E-state index contributed by atoms with van der Waals surface area (Å²) in [7, 11) is 0. The molecule has 19 heavy (non-hydrogen) atoms. The molecule has 0 aliphatic carbocycles. The van der Waals surface area contributed by atoms with Crippen LogP contribution in [-0.2, 0) is 0 Å². The summed E-state index contributed by atoms with van der Waals surface area (Å²) in [5.74, 6) is 2.29. The van der Waals surface area contributed by atoms with Gasteiger partial charge in [0.1, 0.15) is 11.6 Å². The van der Waals surface area contributed by atoms with Crippen molar-refractivity contribution in [1.82, 2.24) is 15.3 Å². The summed E-state index contributed by atoms with van der Waals surface area (Å²) in [6, 6.07) is 10.1. The summed E-state index contributed by atoms with van der Waals surface area (Å²) in [6.45, 7) is 2.20. The second kappa shape index (κ2) is 5.80. The Morgan fingerprint density at radius 2 is 2.05 bits per heavy atom. The number of hydrogen-bond donors (Lipinski definition) is 2. The number of nitrogens with one attached hydrogen (secondary N) is 2. The van der Waals surface area contributed by atoms with E-state index in [1.54, 1.807) is 6.20 Å². The molecule has 4 nitrogen and oxygen atoms in total. The molecular formula is C15H18N4. The highest BCUT2D eigenvalue weighted by molar-refractivity contribution is 5.52. The fraction of sp³-hybridized carbons (Fsp3) is 0.333. The van der Waals surface area contributed by atoms with Gasteiger partial charge in [-0.15, -0.1) is 0 Å². The van der Waals surface area contributed by atoms with Crippen molar-refractivity contribution in [1.29, 1.82) is 0 Å². The van der Waals surface area contributed by atoms with Crippen LogP contribution in [0, 0.1) is 0 Å². The number of piperidine rings is 1. The summed E-state index contributed by atoms with van der Waals surface area (Å²) in [4.78, 5) is 8.61. The molecule has 98 valence electrons. The number of aromatic nitrogens is 2. The highest BCUT2D eigenvalue weighted by Gasteiger charge is 2.15. The van der Waals surface area contributed by atoms with Gasteiger partial charge in [-0.2, -0.15) is 0 Å². The van der Waals surface area contributed by atoms with Crippen LogP contribution in [0.5, 0.6) is 0 Å². The molecule has 2 aromatic rings. The predicted molar refractivity (Wildman–Crippen MR) is 76.6 cm³/mol. The molecule has 1 aliphatic heterocycles. The molecule has 1 atom stereocenters. The first-order chi connectivity index (χ1) is 9.42. The first-order valence-corrected chi connectivity index (χ1v) is 6.76. The average Bonchev–Trinajstić information content (AvgIpc) is 2.49. The molecular weight excluding hydrogens is 236 g/mol. The third kappa shape index (κ3) is 3.09. The molecule has 0 spiro atoms. The van der Waals surface area contributed by atoms with Gasteiger partial charge in [0, 0.05) is 18.9 Å². The van der Waals surface area contributed by atoms with Crippen molar-refractivity contribution in [2.24, 2.45) is 0 Å². The zero-order chi connectivity index (χ0) is 12.9. The van der Waals surface area contributed by atoms with E-state index < -0.39 is 0 Å². The minimum atomic E-state index is 0.598. The van der Waals surface area contributed by atoms with Crippen LogP contribution in [0.4, 0.5) is 11.6 Å². The highest BCUT2D eigenvalue weighted by atomic mass is 15.0. The Kier molecular flexibility index (Phi) is 3.70. The molecule has 3 heterocycles. The molecule has 0 amide bonds. The Bertz CT molecular complexity index is 521. The number of pyridine rings is 2. The maximum absolute atomic E-state index is 4.36. The van der Waals surface area contributed by atoms with Crippen LogP contribution in [0.1, 0.15) is 24.3 Å². The van der Waals surface area contributed by atoms with Gasteiger partial charge in [-0.25, -0.2) is 9.97 Å². The summed E-state index contributed by atoms with van der Waals surface area (Å²) < 4.78 is 0. The lowest BCUT2D eigenvalue weighted by Crippen LogP contribution is -2.28. The monoisotopic (exact) mass is 254 g/mol. The number of nitrogens with zero attached hydrogens (tertiary/aromatic N) is 2. The lowest BCUT2D eigenvalue weighted by atomic mass is 9.92. The van der Waals surface area contributed by atoms with Gasteiger partial charge in [0.15, 0.2) is 0 Å². The predicted octanol–water partition coefficient (Wildman–Crippen LogP) is 2.69. The summed E-state index contributed by atoms with van der Waals surface area (Å²) >= 11 is 0. The Hall–Kier alpha value is -1.94. The standard InChI is InChI=1S/C15H18N4/c1-2-8-17-14(5-1)19-15-10-12(6-9-18-15)13-4-3-7-16-11-13/h1-2,5-6,8-10,13,16H,3-4,7,11H2,(H,17,18,19)/t13-/m0/s1. The molecule has 0 unspecified atom stereocenters. The number of hydrogen-bond acceptors (Lipinski definition) is 4. The van der Waals surface area contributed by atoms with Crippen molar-refractivity contribution in [3.63, 3.8) is 0 Å². The van der Waals surface area contributed by atoms with E-state index in [1.165, 1.54) is 18.4 Å². The van der Waals surface area contributed by atoms with Crippen molar-refractivity contribution in [2.45, 2.75) is 18.8 Å². The molecule has 0 saturated carbocycles.